The monoisotopic (exact) mass is 237 g/mol. The van der Waals surface area contributed by atoms with Gasteiger partial charge in [0.15, 0.2) is 0 Å². The number of nitrogens with two attached hydrogens (primary N) is 1. The van der Waals surface area contributed by atoms with Gasteiger partial charge in [0.05, 0.1) is 5.69 Å². The summed E-state index contributed by atoms with van der Waals surface area (Å²) in [6.45, 7) is 9.67. The number of likely N-dealkylation sites (N-methyl/N-ethyl adjacent to an activating group) is 1. The van der Waals surface area contributed by atoms with Crippen LogP contribution in [0.1, 0.15) is 25.6 Å². The standard InChI is InChI=1S/C12H23N5/c1-10(2)17-9-11(14-12(17)13)8-16-6-4-15(3)5-7-16/h9-10H,4-8H2,1-3H3,(H2,13,14). The average Bonchev–Trinajstić information content (AvgIpc) is 2.63. The quantitative estimate of drug-likeness (QED) is 0.844. The molecule has 0 radical (unpaired) electrons. The first-order chi connectivity index (χ1) is 8.06. The molecule has 0 atom stereocenters. The maximum absolute atomic E-state index is 5.89. The molecule has 2 heterocycles. The van der Waals surface area contributed by atoms with E-state index in [2.05, 4.69) is 41.9 Å². The van der Waals surface area contributed by atoms with Gasteiger partial charge in [-0.3, -0.25) is 4.90 Å². The molecule has 17 heavy (non-hydrogen) atoms. The van der Waals surface area contributed by atoms with E-state index in [1.54, 1.807) is 0 Å². The van der Waals surface area contributed by atoms with Crippen LogP contribution in [-0.2, 0) is 6.54 Å². The van der Waals surface area contributed by atoms with Gasteiger partial charge in [-0.15, -0.1) is 0 Å². The minimum Gasteiger partial charge on any atom is -0.369 e. The second-order valence-corrected chi connectivity index (χ2v) is 5.17. The van der Waals surface area contributed by atoms with Gasteiger partial charge >= 0.3 is 0 Å². The predicted octanol–water partition coefficient (Wildman–Crippen LogP) is 0.794. The number of hydrogen-bond acceptors (Lipinski definition) is 4. The van der Waals surface area contributed by atoms with Gasteiger partial charge in [0.2, 0.25) is 5.95 Å². The molecule has 1 saturated heterocycles. The van der Waals surface area contributed by atoms with Crippen LogP contribution >= 0.6 is 0 Å². The first kappa shape index (κ1) is 12.4. The summed E-state index contributed by atoms with van der Waals surface area (Å²) in [5.41, 5.74) is 6.98. The second-order valence-electron chi connectivity index (χ2n) is 5.17. The number of hydrogen-bond donors (Lipinski definition) is 1. The number of nitrogens with zero attached hydrogens (tertiary/aromatic N) is 4. The van der Waals surface area contributed by atoms with Crippen molar-refractivity contribution in [2.45, 2.75) is 26.4 Å². The molecule has 1 aromatic rings. The van der Waals surface area contributed by atoms with Crippen LogP contribution in [0, 0.1) is 0 Å². The lowest BCUT2D eigenvalue weighted by Gasteiger charge is -2.31. The van der Waals surface area contributed by atoms with Crippen LogP contribution in [0.4, 0.5) is 5.95 Å². The molecular formula is C12H23N5. The highest BCUT2D eigenvalue weighted by Crippen LogP contribution is 2.14. The normalized spacial score (nSPS) is 19.1. The summed E-state index contributed by atoms with van der Waals surface area (Å²) in [5, 5.41) is 0. The van der Waals surface area contributed by atoms with Crippen molar-refractivity contribution < 1.29 is 0 Å². The van der Waals surface area contributed by atoms with Crippen molar-refractivity contribution in [2.24, 2.45) is 0 Å². The SMILES string of the molecule is CC(C)n1cc(CN2CCN(C)CC2)nc1N. The third-order valence-electron chi connectivity index (χ3n) is 3.35. The Morgan fingerprint density at radius 1 is 1.29 bits per heavy atom. The number of imidazole rings is 1. The summed E-state index contributed by atoms with van der Waals surface area (Å²) < 4.78 is 2.03. The zero-order valence-electron chi connectivity index (χ0n) is 11.1. The van der Waals surface area contributed by atoms with Crippen LogP contribution in [0.15, 0.2) is 6.20 Å². The van der Waals surface area contributed by atoms with Crippen molar-refractivity contribution >= 4 is 5.95 Å². The molecule has 96 valence electrons. The zero-order valence-corrected chi connectivity index (χ0v) is 11.1. The summed E-state index contributed by atoms with van der Waals surface area (Å²) in [6, 6.07) is 0.378. The van der Waals surface area contributed by atoms with E-state index in [4.69, 9.17) is 5.73 Å². The van der Waals surface area contributed by atoms with Crippen LogP contribution in [-0.4, -0.2) is 52.6 Å². The zero-order chi connectivity index (χ0) is 12.4. The number of piperazine rings is 1. The van der Waals surface area contributed by atoms with Crippen molar-refractivity contribution in [3.8, 4) is 0 Å². The van der Waals surface area contributed by atoms with E-state index in [1.807, 2.05) is 4.57 Å². The molecule has 1 fully saturated rings. The van der Waals surface area contributed by atoms with Gasteiger partial charge < -0.3 is 15.2 Å². The first-order valence-electron chi connectivity index (χ1n) is 6.30. The number of rotatable bonds is 3. The minimum absolute atomic E-state index is 0.378. The van der Waals surface area contributed by atoms with Crippen LogP contribution in [0.5, 0.6) is 0 Å². The molecular weight excluding hydrogens is 214 g/mol. The molecule has 5 heteroatoms. The van der Waals surface area contributed by atoms with Crippen molar-refractivity contribution in [1.29, 1.82) is 0 Å². The molecule has 0 bridgehead atoms. The molecule has 0 aliphatic carbocycles. The Kier molecular flexibility index (Phi) is 3.69. The summed E-state index contributed by atoms with van der Waals surface area (Å²) in [6.07, 6.45) is 2.08. The van der Waals surface area contributed by atoms with Crippen molar-refractivity contribution in [1.82, 2.24) is 19.4 Å². The lowest BCUT2D eigenvalue weighted by molar-refractivity contribution is 0.147. The van der Waals surface area contributed by atoms with E-state index in [1.165, 1.54) is 0 Å². The predicted molar refractivity (Wildman–Crippen MR) is 69.8 cm³/mol. The molecule has 0 spiro atoms. The fourth-order valence-electron chi connectivity index (χ4n) is 2.19. The number of nitrogen functional groups attached to an aromatic ring is 1. The molecule has 0 aromatic carbocycles. The molecule has 1 aliphatic rings. The Balaban J connectivity index is 1.97. The summed E-state index contributed by atoms with van der Waals surface area (Å²) >= 11 is 0. The van der Waals surface area contributed by atoms with Gasteiger partial charge in [-0.1, -0.05) is 0 Å². The Labute approximate surface area is 103 Å². The van der Waals surface area contributed by atoms with E-state index in [0.717, 1.165) is 38.4 Å². The summed E-state index contributed by atoms with van der Waals surface area (Å²) in [5.74, 6) is 0.629. The van der Waals surface area contributed by atoms with E-state index in [-0.39, 0.29) is 0 Å². The van der Waals surface area contributed by atoms with Gasteiger partial charge in [-0.05, 0) is 20.9 Å². The van der Waals surface area contributed by atoms with E-state index in [0.29, 0.717) is 12.0 Å². The topological polar surface area (TPSA) is 50.3 Å². The van der Waals surface area contributed by atoms with E-state index in [9.17, 15) is 0 Å². The molecule has 2 N–H and O–H groups in total. The maximum atomic E-state index is 5.89. The molecule has 1 aliphatic heterocycles. The average molecular weight is 237 g/mol. The Bertz CT molecular complexity index is 363. The lowest BCUT2D eigenvalue weighted by atomic mass is 10.3. The largest absolute Gasteiger partial charge is 0.369 e. The van der Waals surface area contributed by atoms with Gasteiger partial charge in [0, 0.05) is 45.0 Å². The summed E-state index contributed by atoms with van der Waals surface area (Å²) in [7, 11) is 2.17. The maximum Gasteiger partial charge on any atom is 0.200 e. The molecule has 5 nitrogen and oxygen atoms in total. The minimum atomic E-state index is 0.378. The fraction of sp³-hybridized carbons (Fsp3) is 0.750. The van der Waals surface area contributed by atoms with Crippen molar-refractivity contribution in [3.05, 3.63) is 11.9 Å². The fourth-order valence-corrected chi connectivity index (χ4v) is 2.19. The number of aromatic nitrogens is 2. The van der Waals surface area contributed by atoms with Crippen LogP contribution in [0.3, 0.4) is 0 Å². The molecule has 0 amide bonds. The third-order valence-corrected chi connectivity index (χ3v) is 3.35. The third kappa shape index (κ3) is 2.98. The highest BCUT2D eigenvalue weighted by atomic mass is 15.3. The van der Waals surface area contributed by atoms with Gasteiger partial charge in [-0.2, -0.15) is 0 Å². The van der Waals surface area contributed by atoms with Gasteiger partial charge in [0.1, 0.15) is 0 Å². The lowest BCUT2D eigenvalue weighted by Crippen LogP contribution is -2.43. The smallest absolute Gasteiger partial charge is 0.200 e. The molecule has 0 saturated carbocycles. The van der Waals surface area contributed by atoms with Crippen LogP contribution in [0.25, 0.3) is 0 Å². The number of anilines is 1. The van der Waals surface area contributed by atoms with Crippen molar-refractivity contribution in [3.63, 3.8) is 0 Å². The molecule has 2 rings (SSSR count). The second kappa shape index (κ2) is 5.06. The first-order valence-corrected chi connectivity index (χ1v) is 6.30. The van der Waals surface area contributed by atoms with E-state index >= 15 is 0 Å². The highest BCUT2D eigenvalue weighted by molar-refractivity contribution is 5.22. The van der Waals surface area contributed by atoms with Gasteiger partial charge in [-0.25, -0.2) is 4.98 Å². The Morgan fingerprint density at radius 2 is 1.94 bits per heavy atom. The highest BCUT2D eigenvalue weighted by Gasteiger charge is 2.16. The van der Waals surface area contributed by atoms with Crippen molar-refractivity contribution in [2.75, 3.05) is 39.0 Å². The summed E-state index contributed by atoms with van der Waals surface area (Å²) in [4.78, 5) is 9.23. The van der Waals surface area contributed by atoms with E-state index < -0.39 is 0 Å². The van der Waals surface area contributed by atoms with Crippen LogP contribution in [0.2, 0.25) is 0 Å². The Hall–Kier alpha value is -1.07. The Morgan fingerprint density at radius 3 is 2.47 bits per heavy atom. The molecule has 1 aromatic heterocycles. The van der Waals surface area contributed by atoms with Crippen LogP contribution < -0.4 is 5.73 Å². The van der Waals surface area contributed by atoms with Gasteiger partial charge in [0.25, 0.3) is 0 Å². The molecule has 0 unspecified atom stereocenters.